The molecule has 4 N–H and O–H groups in total. The molecule has 1 aliphatic heterocycles. The fraction of sp³-hybridized carbons (Fsp3) is 0.269. The standard InChI is InChI=1S/C26H26F3N7O/c1-35-24-15-31-13-20(21(24)14-32-35)16-2-4-18(5-3-16)33-25(37)34-19-6-7-23(22(12-19)26(27,28)29)36-10-8-17(30)9-11-36/h2-7,12-15,17H,8-11,30H2,1H3,(H2,33,34,37). The highest BCUT2D eigenvalue weighted by molar-refractivity contribution is 6.00. The summed E-state index contributed by atoms with van der Waals surface area (Å²) < 4.78 is 43.2. The molecule has 0 spiro atoms. The number of pyridine rings is 1. The van der Waals surface area contributed by atoms with Crippen LogP contribution in [-0.2, 0) is 13.2 Å². The van der Waals surface area contributed by atoms with E-state index in [4.69, 9.17) is 5.73 Å². The van der Waals surface area contributed by atoms with Gasteiger partial charge in [-0.2, -0.15) is 18.3 Å². The number of halogens is 3. The van der Waals surface area contributed by atoms with Crippen molar-refractivity contribution in [1.82, 2.24) is 14.8 Å². The lowest BCUT2D eigenvalue weighted by Crippen LogP contribution is -2.40. The first kappa shape index (κ1) is 24.6. The first-order chi connectivity index (χ1) is 17.7. The number of piperidine rings is 1. The third kappa shape index (κ3) is 5.21. The van der Waals surface area contributed by atoms with Crippen molar-refractivity contribution in [3.8, 4) is 11.1 Å². The van der Waals surface area contributed by atoms with Crippen LogP contribution in [0.3, 0.4) is 0 Å². The fourth-order valence-corrected chi connectivity index (χ4v) is 4.57. The van der Waals surface area contributed by atoms with Gasteiger partial charge >= 0.3 is 12.2 Å². The van der Waals surface area contributed by atoms with Crippen LogP contribution in [-0.4, -0.2) is 39.9 Å². The number of benzene rings is 2. The summed E-state index contributed by atoms with van der Waals surface area (Å²) >= 11 is 0. The Labute approximate surface area is 211 Å². The molecule has 1 saturated heterocycles. The molecule has 2 amide bonds. The first-order valence-corrected chi connectivity index (χ1v) is 11.8. The zero-order valence-electron chi connectivity index (χ0n) is 20.1. The largest absolute Gasteiger partial charge is 0.418 e. The van der Waals surface area contributed by atoms with Gasteiger partial charge < -0.3 is 21.3 Å². The molecule has 2 aromatic heterocycles. The lowest BCUT2D eigenvalue weighted by molar-refractivity contribution is -0.137. The predicted molar refractivity (Wildman–Crippen MR) is 137 cm³/mol. The highest BCUT2D eigenvalue weighted by Gasteiger charge is 2.36. The smallest absolute Gasteiger partial charge is 0.371 e. The molecule has 4 aromatic rings. The van der Waals surface area contributed by atoms with Crippen molar-refractivity contribution in [2.75, 3.05) is 28.6 Å². The molecule has 3 heterocycles. The summed E-state index contributed by atoms with van der Waals surface area (Å²) in [6.45, 7) is 0.914. The van der Waals surface area contributed by atoms with E-state index in [-0.39, 0.29) is 17.4 Å². The van der Waals surface area contributed by atoms with Gasteiger partial charge in [-0.25, -0.2) is 4.79 Å². The molecule has 11 heteroatoms. The number of aromatic nitrogens is 3. The quantitative estimate of drug-likeness (QED) is 0.350. The Balaban J connectivity index is 1.29. The number of anilines is 3. The molecule has 0 radical (unpaired) electrons. The molecule has 5 rings (SSSR count). The second kappa shape index (κ2) is 9.74. The number of nitrogens with one attached hydrogen (secondary N) is 2. The summed E-state index contributed by atoms with van der Waals surface area (Å²) in [6, 6.07) is 10.3. The summed E-state index contributed by atoms with van der Waals surface area (Å²) in [7, 11) is 1.84. The van der Waals surface area contributed by atoms with Crippen molar-refractivity contribution < 1.29 is 18.0 Å². The number of fused-ring (bicyclic) bond motifs is 1. The average molecular weight is 510 g/mol. The predicted octanol–water partition coefficient (Wildman–Crippen LogP) is 5.23. The molecule has 192 valence electrons. The molecule has 8 nitrogen and oxygen atoms in total. The minimum atomic E-state index is -4.56. The van der Waals surface area contributed by atoms with Crippen LogP contribution in [0.5, 0.6) is 0 Å². The van der Waals surface area contributed by atoms with Gasteiger partial charge in [0.2, 0.25) is 0 Å². The van der Waals surface area contributed by atoms with E-state index < -0.39 is 17.8 Å². The minimum Gasteiger partial charge on any atom is -0.371 e. The second-order valence-corrected chi connectivity index (χ2v) is 9.10. The SMILES string of the molecule is Cn1ncc2c(-c3ccc(NC(=O)Nc4ccc(N5CCC(N)CC5)c(C(F)(F)F)c4)cc3)cncc21. The maximum atomic E-state index is 13.8. The zero-order chi connectivity index (χ0) is 26.2. The third-order valence-electron chi connectivity index (χ3n) is 6.57. The summed E-state index contributed by atoms with van der Waals surface area (Å²) in [5.41, 5.74) is 8.43. The number of nitrogens with zero attached hydrogens (tertiary/aromatic N) is 4. The number of hydrogen-bond donors (Lipinski definition) is 3. The van der Waals surface area contributed by atoms with Crippen molar-refractivity contribution in [2.45, 2.75) is 25.1 Å². The van der Waals surface area contributed by atoms with Crippen LogP contribution < -0.4 is 21.3 Å². The summed E-state index contributed by atoms with van der Waals surface area (Å²) in [6.07, 6.45) is 1.96. The summed E-state index contributed by atoms with van der Waals surface area (Å²) in [5.74, 6) is 0. The van der Waals surface area contributed by atoms with Gasteiger partial charge in [-0.05, 0) is 48.7 Å². The van der Waals surface area contributed by atoms with E-state index in [2.05, 4.69) is 20.7 Å². The molecular formula is C26H26F3N7O. The maximum Gasteiger partial charge on any atom is 0.418 e. The third-order valence-corrected chi connectivity index (χ3v) is 6.57. The Kier molecular flexibility index (Phi) is 6.46. The number of hydrogen-bond acceptors (Lipinski definition) is 5. The van der Waals surface area contributed by atoms with E-state index in [0.717, 1.165) is 28.1 Å². The number of carbonyl (C=O) groups excluding carboxylic acids is 1. The second-order valence-electron chi connectivity index (χ2n) is 9.10. The van der Waals surface area contributed by atoms with E-state index in [1.165, 1.54) is 12.1 Å². The monoisotopic (exact) mass is 509 g/mol. The van der Waals surface area contributed by atoms with Gasteiger partial charge in [-0.3, -0.25) is 9.67 Å². The molecule has 0 atom stereocenters. The fourth-order valence-electron chi connectivity index (χ4n) is 4.57. The van der Waals surface area contributed by atoms with Crippen LogP contribution >= 0.6 is 0 Å². The van der Waals surface area contributed by atoms with Gasteiger partial charge in [0.1, 0.15) is 0 Å². The van der Waals surface area contributed by atoms with E-state index >= 15 is 0 Å². The van der Waals surface area contributed by atoms with E-state index in [0.29, 0.717) is 31.6 Å². The van der Waals surface area contributed by atoms with Gasteiger partial charge in [-0.15, -0.1) is 0 Å². The van der Waals surface area contributed by atoms with Crippen LogP contribution in [0, 0.1) is 0 Å². The van der Waals surface area contributed by atoms with E-state index in [1.54, 1.807) is 40.3 Å². The Hall–Kier alpha value is -4.12. The first-order valence-electron chi connectivity index (χ1n) is 11.8. The average Bonchev–Trinajstić information content (AvgIpc) is 3.25. The van der Waals surface area contributed by atoms with Crippen LogP contribution in [0.1, 0.15) is 18.4 Å². The summed E-state index contributed by atoms with van der Waals surface area (Å²) in [4.78, 5) is 18.5. The van der Waals surface area contributed by atoms with Crippen LogP contribution in [0.2, 0.25) is 0 Å². The van der Waals surface area contributed by atoms with Crippen molar-refractivity contribution in [1.29, 1.82) is 0 Å². The Bertz CT molecular complexity index is 1420. The van der Waals surface area contributed by atoms with Gasteiger partial charge in [0.05, 0.1) is 23.5 Å². The number of urea groups is 1. The molecule has 0 unspecified atom stereocenters. The van der Waals surface area contributed by atoms with Crippen LogP contribution in [0.25, 0.3) is 22.0 Å². The number of carbonyl (C=O) groups is 1. The molecule has 0 aliphatic carbocycles. The lowest BCUT2D eigenvalue weighted by atomic mass is 10.0. The molecule has 0 saturated carbocycles. The van der Waals surface area contributed by atoms with Crippen LogP contribution in [0.15, 0.2) is 61.1 Å². The molecule has 0 bridgehead atoms. The molecular weight excluding hydrogens is 483 g/mol. The number of rotatable bonds is 4. The highest BCUT2D eigenvalue weighted by atomic mass is 19.4. The highest BCUT2D eigenvalue weighted by Crippen LogP contribution is 2.39. The van der Waals surface area contributed by atoms with Crippen molar-refractivity contribution in [2.24, 2.45) is 12.8 Å². The van der Waals surface area contributed by atoms with Gasteiger partial charge in [0.15, 0.2) is 0 Å². The number of nitrogens with two attached hydrogens (primary N) is 1. The molecule has 2 aromatic carbocycles. The van der Waals surface area contributed by atoms with E-state index in [1.807, 2.05) is 19.2 Å². The normalized spacial score (nSPS) is 14.7. The van der Waals surface area contributed by atoms with Gasteiger partial charge in [-0.1, -0.05) is 12.1 Å². The number of amides is 2. The van der Waals surface area contributed by atoms with Crippen molar-refractivity contribution in [3.05, 3.63) is 66.6 Å². The summed E-state index contributed by atoms with van der Waals surface area (Å²) in [5, 5.41) is 10.4. The lowest BCUT2D eigenvalue weighted by Gasteiger charge is -2.33. The molecule has 37 heavy (non-hydrogen) atoms. The van der Waals surface area contributed by atoms with Gasteiger partial charge in [0.25, 0.3) is 0 Å². The Morgan fingerprint density at radius 1 is 1.00 bits per heavy atom. The maximum absolute atomic E-state index is 13.8. The topological polar surface area (TPSA) is 101 Å². The zero-order valence-corrected chi connectivity index (χ0v) is 20.1. The Morgan fingerprint density at radius 2 is 1.68 bits per heavy atom. The van der Waals surface area contributed by atoms with Crippen LogP contribution in [0.4, 0.5) is 35.0 Å². The van der Waals surface area contributed by atoms with Gasteiger partial charge in [0, 0.05) is 60.4 Å². The molecule has 1 fully saturated rings. The van der Waals surface area contributed by atoms with Crippen molar-refractivity contribution in [3.63, 3.8) is 0 Å². The van der Waals surface area contributed by atoms with E-state index in [9.17, 15) is 18.0 Å². The minimum absolute atomic E-state index is 0.00463. The number of aryl methyl sites for hydroxylation is 1. The molecule has 1 aliphatic rings. The number of alkyl halides is 3. The van der Waals surface area contributed by atoms with Crippen molar-refractivity contribution >= 4 is 34.0 Å². The Morgan fingerprint density at radius 3 is 2.38 bits per heavy atom.